The molecule has 1 saturated heterocycles. The van der Waals surface area contributed by atoms with Gasteiger partial charge in [-0.3, -0.25) is 9.59 Å². The maximum Gasteiger partial charge on any atom is 0.242 e. The van der Waals surface area contributed by atoms with E-state index in [0.29, 0.717) is 25.3 Å². The van der Waals surface area contributed by atoms with Crippen LogP contribution in [0.2, 0.25) is 0 Å². The Kier molecular flexibility index (Phi) is 4.08. The smallest absolute Gasteiger partial charge is 0.242 e. The first kappa shape index (κ1) is 12.0. The van der Waals surface area contributed by atoms with E-state index in [0.717, 1.165) is 0 Å². The van der Waals surface area contributed by atoms with Crippen LogP contribution in [0.4, 0.5) is 0 Å². The van der Waals surface area contributed by atoms with Crippen LogP contribution in [0.5, 0.6) is 0 Å². The molecule has 1 heterocycles. The maximum absolute atomic E-state index is 11.7. The molecule has 5 nitrogen and oxygen atoms in total. The Morgan fingerprint density at radius 2 is 2.33 bits per heavy atom. The second kappa shape index (κ2) is 5.11. The Balaban J connectivity index is 2.44. The molecule has 2 amide bonds. The first-order chi connectivity index (χ1) is 7.04. The molecule has 0 saturated carbocycles. The van der Waals surface area contributed by atoms with Crippen molar-refractivity contribution in [1.82, 2.24) is 10.6 Å². The summed E-state index contributed by atoms with van der Waals surface area (Å²) >= 11 is 0. The normalized spacial score (nSPS) is 22.7. The Labute approximate surface area is 89.8 Å². The fourth-order valence-electron chi connectivity index (χ4n) is 1.59. The van der Waals surface area contributed by atoms with Gasteiger partial charge < -0.3 is 16.4 Å². The third kappa shape index (κ3) is 3.20. The van der Waals surface area contributed by atoms with Gasteiger partial charge in [0.05, 0.1) is 0 Å². The van der Waals surface area contributed by atoms with Crippen molar-refractivity contribution >= 4 is 11.8 Å². The van der Waals surface area contributed by atoms with Gasteiger partial charge >= 0.3 is 0 Å². The van der Waals surface area contributed by atoms with Crippen LogP contribution in [0.1, 0.15) is 26.7 Å². The van der Waals surface area contributed by atoms with Gasteiger partial charge in [-0.25, -0.2) is 0 Å². The summed E-state index contributed by atoms with van der Waals surface area (Å²) in [4.78, 5) is 22.6. The van der Waals surface area contributed by atoms with E-state index in [1.54, 1.807) is 0 Å². The molecule has 4 N–H and O–H groups in total. The number of carbonyl (C=O) groups excluding carboxylic acids is 2. The van der Waals surface area contributed by atoms with Crippen molar-refractivity contribution in [3.63, 3.8) is 0 Å². The van der Waals surface area contributed by atoms with Crippen molar-refractivity contribution in [3.8, 4) is 0 Å². The number of amides is 2. The lowest BCUT2D eigenvalue weighted by atomic mass is 10.0. The molecule has 1 fully saturated rings. The minimum Gasteiger partial charge on any atom is -0.350 e. The van der Waals surface area contributed by atoms with Gasteiger partial charge in [0.2, 0.25) is 11.8 Å². The van der Waals surface area contributed by atoms with Gasteiger partial charge in [-0.05, 0) is 12.3 Å². The van der Waals surface area contributed by atoms with Crippen LogP contribution in [-0.4, -0.2) is 30.4 Å². The minimum absolute atomic E-state index is 0.0185. The largest absolute Gasteiger partial charge is 0.350 e. The zero-order valence-corrected chi connectivity index (χ0v) is 9.25. The van der Waals surface area contributed by atoms with E-state index in [-0.39, 0.29) is 23.9 Å². The molecule has 5 heteroatoms. The second-order valence-corrected chi connectivity index (χ2v) is 4.25. The molecule has 0 bridgehead atoms. The van der Waals surface area contributed by atoms with Crippen LogP contribution in [0.25, 0.3) is 0 Å². The summed E-state index contributed by atoms with van der Waals surface area (Å²) in [5.74, 6) is 0.130. The molecule has 0 aliphatic carbocycles. The number of rotatable bonds is 4. The standard InChI is InChI=1S/C10H19N3O2/c1-6(2)8(5-11)13-10(15)7-3-4-9(14)12-7/h6-8H,3-5,11H2,1-2H3,(H,12,14)(H,13,15)/t7-,8?/m1/s1. The highest BCUT2D eigenvalue weighted by atomic mass is 16.2. The summed E-state index contributed by atoms with van der Waals surface area (Å²) in [5, 5.41) is 5.48. The molecule has 0 aromatic heterocycles. The van der Waals surface area contributed by atoms with E-state index >= 15 is 0 Å². The molecule has 0 aromatic rings. The average Bonchev–Trinajstić information content (AvgIpc) is 2.60. The summed E-state index contributed by atoms with van der Waals surface area (Å²) < 4.78 is 0. The molecule has 1 aliphatic heterocycles. The molecule has 15 heavy (non-hydrogen) atoms. The fraction of sp³-hybridized carbons (Fsp3) is 0.800. The summed E-state index contributed by atoms with van der Waals surface area (Å²) in [6.45, 7) is 4.43. The van der Waals surface area contributed by atoms with Crippen LogP contribution in [-0.2, 0) is 9.59 Å². The molecule has 0 radical (unpaired) electrons. The topological polar surface area (TPSA) is 84.2 Å². The van der Waals surface area contributed by atoms with Gasteiger partial charge in [0.25, 0.3) is 0 Å². The second-order valence-electron chi connectivity index (χ2n) is 4.25. The third-order valence-electron chi connectivity index (χ3n) is 2.70. The van der Waals surface area contributed by atoms with Crippen molar-refractivity contribution in [2.24, 2.45) is 11.7 Å². The fourth-order valence-corrected chi connectivity index (χ4v) is 1.59. The predicted octanol–water partition coefficient (Wildman–Crippen LogP) is -0.635. The number of nitrogens with two attached hydrogens (primary N) is 1. The van der Waals surface area contributed by atoms with Crippen LogP contribution >= 0.6 is 0 Å². The van der Waals surface area contributed by atoms with Crippen molar-refractivity contribution in [2.75, 3.05) is 6.54 Å². The lowest BCUT2D eigenvalue weighted by Gasteiger charge is -2.22. The first-order valence-electron chi connectivity index (χ1n) is 5.34. The van der Waals surface area contributed by atoms with E-state index in [1.807, 2.05) is 13.8 Å². The minimum atomic E-state index is -0.370. The van der Waals surface area contributed by atoms with E-state index < -0.39 is 0 Å². The number of carbonyl (C=O) groups is 2. The highest BCUT2D eigenvalue weighted by molar-refractivity contribution is 5.90. The summed E-state index contributed by atoms with van der Waals surface area (Å²) in [6, 6.07) is -0.389. The molecular formula is C10H19N3O2. The van der Waals surface area contributed by atoms with Crippen molar-refractivity contribution in [1.29, 1.82) is 0 Å². The van der Waals surface area contributed by atoms with Crippen molar-refractivity contribution < 1.29 is 9.59 Å². The van der Waals surface area contributed by atoms with Gasteiger partial charge in [-0.2, -0.15) is 0 Å². The Bertz CT molecular complexity index is 253. The molecule has 1 unspecified atom stereocenters. The van der Waals surface area contributed by atoms with Crippen LogP contribution in [0.3, 0.4) is 0 Å². The number of hydrogen-bond acceptors (Lipinski definition) is 3. The van der Waals surface area contributed by atoms with Gasteiger partial charge in [-0.15, -0.1) is 0 Å². The molecule has 0 aromatic carbocycles. The van der Waals surface area contributed by atoms with E-state index in [2.05, 4.69) is 10.6 Å². The Morgan fingerprint density at radius 3 is 2.73 bits per heavy atom. The van der Waals surface area contributed by atoms with Crippen LogP contribution in [0.15, 0.2) is 0 Å². The highest BCUT2D eigenvalue weighted by Crippen LogP contribution is 2.08. The Hall–Kier alpha value is -1.10. The zero-order chi connectivity index (χ0) is 11.4. The monoisotopic (exact) mass is 213 g/mol. The lowest BCUT2D eigenvalue weighted by Crippen LogP contribution is -2.50. The number of hydrogen-bond donors (Lipinski definition) is 3. The van der Waals surface area contributed by atoms with Gasteiger partial charge in [0.15, 0.2) is 0 Å². The molecule has 1 aliphatic rings. The van der Waals surface area contributed by atoms with Crippen LogP contribution in [0, 0.1) is 5.92 Å². The van der Waals surface area contributed by atoms with E-state index in [4.69, 9.17) is 5.73 Å². The third-order valence-corrected chi connectivity index (χ3v) is 2.70. The zero-order valence-electron chi connectivity index (χ0n) is 9.25. The SMILES string of the molecule is CC(C)C(CN)NC(=O)[C@H]1CCC(=O)N1. The predicted molar refractivity (Wildman–Crippen MR) is 57.0 cm³/mol. The Morgan fingerprint density at radius 1 is 1.67 bits per heavy atom. The molecule has 86 valence electrons. The maximum atomic E-state index is 11.7. The van der Waals surface area contributed by atoms with Crippen LogP contribution < -0.4 is 16.4 Å². The quantitative estimate of drug-likeness (QED) is 0.581. The van der Waals surface area contributed by atoms with Gasteiger partial charge in [0, 0.05) is 19.0 Å². The first-order valence-corrected chi connectivity index (χ1v) is 5.34. The van der Waals surface area contributed by atoms with Gasteiger partial charge in [-0.1, -0.05) is 13.8 Å². The summed E-state index contributed by atoms with van der Waals surface area (Å²) in [6.07, 6.45) is 1.02. The van der Waals surface area contributed by atoms with Gasteiger partial charge in [0.1, 0.15) is 6.04 Å². The number of nitrogens with one attached hydrogen (secondary N) is 2. The molecule has 1 rings (SSSR count). The summed E-state index contributed by atoms with van der Waals surface area (Å²) in [7, 11) is 0. The average molecular weight is 213 g/mol. The molecular weight excluding hydrogens is 194 g/mol. The molecule has 0 spiro atoms. The molecule has 2 atom stereocenters. The van der Waals surface area contributed by atoms with E-state index in [1.165, 1.54) is 0 Å². The van der Waals surface area contributed by atoms with E-state index in [9.17, 15) is 9.59 Å². The lowest BCUT2D eigenvalue weighted by molar-refractivity contribution is -0.126. The van der Waals surface area contributed by atoms with Crippen molar-refractivity contribution in [3.05, 3.63) is 0 Å². The highest BCUT2D eigenvalue weighted by Gasteiger charge is 2.28. The van der Waals surface area contributed by atoms with Crippen molar-refractivity contribution in [2.45, 2.75) is 38.8 Å². The summed E-state index contributed by atoms with van der Waals surface area (Å²) in [5.41, 5.74) is 5.55.